The summed E-state index contributed by atoms with van der Waals surface area (Å²) in [6.45, 7) is 5.90. The van der Waals surface area contributed by atoms with E-state index in [9.17, 15) is 4.79 Å². The van der Waals surface area contributed by atoms with Crippen molar-refractivity contribution in [3.8, 4) is 0 Å². The molecule has 160 valence electrons. The average Bonchev–Trinajstić information content (AvgIpc) is 3.11. The van der Waals surface area contributed by atoms with Crippen LogP contribution in [0.25, 0.3) is 10.2 Å². The lowest BCUT2D eigenvalue weighted by molar-refractivity contribution is -0.118. The summed E-state index contributed by atoms with van der Waals surface area (Å²) in [4.78, 5) is 23.2. The van der Waals surface area contributed by atoms with Crippen molar-refractivity contribution >= 4 is 44.4 Å². The highest BCUT2D eigenvalue weighted by Gasteiger charge is 2.19. The molecule has 3 aromatic rings. The van der Waals surface area contributed by atoms with Crippen LogP contribution < -0.4 is 4.90 Å². The molecule has 0 bridgehead atoms. The van der Waals surface area contributed by atoms with E-state index >= 15 is 0 Å². The zero-order valence-corrected chi connectivity index (χ0v) is 20.0. The molecule has 0 atom stereocenters. The van der Waals surface area contributed by atoms with Crippen LogP contribution in [0.4, 0.5) is 5.13 Å². The number of thioether (sulfide) groups is 1. The number of aryl methyl sites for hydroxylation is 2. The fourth-order valence-corrected chi connectivity index (χ4v) is 5.18. The van der Waals surface area contributed by atoms with E-state index in [0.717, 1.165) is 40.5 Å². The van der Waals surface area contributed by atoms with Crippen LogP contribution in [0.3, 0.4) is 0 Å². The van der Waals surface area contributed by atoms with Gasteiger partial charge in [-0.3, -0.25) is 9.69 Å². The number of amides is 1. The number of carbonyl (C=O) groups is 1. The van der Waals surface area contributed by atoms with Gasteiger partial charge in [-0.1, -0.05) is 29.5 Å². The van der Waals surface area contributed by atoms with Crippen LogP contribution in [0.2, 0.25) is 0 Å². The van der Waals surface area contributed by atoms with Gasteiger partial charge >= 0.3 is 0 Å². The Bertz CT molecular complexity index is 930. The van der Waals surface area contributed by atoms with Gasteiger partial charge in [0.15, 0.2) is 5.13 Å². The van der Waals surface area contributed by atoms with Gasteiger partial charge in [0.1, 0.15) is 0 Å². The number of fused-ring (bicyclic) bond motifs is 1. The third-order valence-electron chi connectivity index (χ3n) is 5.06. The quantitative estimate of drug-likeness (QED) is 0.296. The second-order valence-electron chi connectivity index (χ2n) is 7.87. The molecule has 1 heterocycles. The molecule has 0 radical (unpaired) electrons. The van der Waals surface area contributed by atoms with Crippen LogP contribution in [-0.2, 0) is 4.79 Å². The van der Waals surface area contributed by atoms with Crippen LogP contribution in [0, 0.1) is 13.8 Å². The Kier molecular flexibility index (Phi) is 8.31. The Morgan fingerprint density at radius 1 is 1.03 bits per heavy atom. The topological polar surface area (TPSA) is 36.4 Å². The van der Waals surface area contributed by atoms with Crippen LogP contribution >= 0.6 is 23.1 Å². The van der Waals surface area contributed by atoms with Crippen molar-refractivity contribution in [2.45, 2.75) is 38.0 Å². The van der Waals surface area contributed by atoms with Crippen LogP contribution in [0.5, 0.6) is 0 Å². The van der Waals surface area contributed by atoms with Crippen LogP contribution in [0.1, 0.15) is 30.4 Å². The molecule has 0 saturated carbocycles. The predicted molar refractivity (Wildman–Crippen MR) is 131 cm³/mol. The maximum Gasteiger partial charge on any atom is 0.228 e. The van der Waals surface area contributed by atoms with Crippen molar-refractivity contribution in [3.05, 3.63) is 53.6 Å². The Balaban J connectivity index is 1.67. The van der Waals surface area contributed by atoms with E-state index in [1.54, 1.807) is 11.3 Å². The molecule has 30 heavy (non-hydrogen) atoms. The fraction of sp³-hybridized carbons (Fsp3) is 0.417. The van der Waals surface area contributed by atoms with Gasteiger partial charge in [-0.05, 0) is 88.5 Å². The minimum absolute atomic E-state index is 0.176. The third kappa shape index (κ3) is 6.30. The maximum atomic E-state index is 13.1. The number of thiazole rings is 1. The van der Waals surface area contributed by atoms with Gasteiger partial charge in [-0.2, -0.15) is 0 Å². The van der Waals surface area contributed by atoms with Gasteiger partial charge in [0, 0.05) is 17.9 Å². The monoisotopic (exact) mass is 441 g/mol. The summed E-state index contributed by atoms with van der Waals surface area (Å²) in [5.74, 6) is 1.12. The molecule has 4 nitrogen and oxygen atoms in total. The van der Waals surface area contributed by atoms with Gasteiger partial charge in [-0.15, -0.1) is 11.8 Å². The molecule has 0 aliphatic rings. The number of rotatable bonds is 10. The van der Waals surface area contributed by atoms with E-state index in [1.165, 1.54) is 16.0 Å². The third-order valence-corrected chi connectivity index (χ3v) is 7.20. The van der Waals surface area contributed by atoms with E-state index in [0.29, 0.717) is 13.0 Å². The molecule has 0 aliphatic heterocycles. The highest BCUT2D eigenvalue weighted by atomic mass is 32.2. The first-order valence-electron chi connectivity index (χ1n) is 10.4. The lowest BCUT2D eigenvalue weighted by Crippen LogP contribution is -2.33. The second kappa shape index (κ2) is 10.9. The molecule has 0 N–H and O–H groups in total. The normalized spacial score (nSPS) is 11.4. The van der Waals surface area contributed by atoms with Gasteiger partial charge in [-0.25, -0.2) is 4.98 Å². The van der Waals surface area contributed by atoms with Crippen molar-refractivity contribution in [1.82, 2.24) is 9.88 Å². The molecule has 0 spiro atoms. The first kappa shape index (κ1) is 22.8. The van der Waals surface area contributed by atoms with Crippen molar-refractivity contribution in [1.29, 1.82) is 0 Å². The number of hydrogen-bond donors (Lipinski definition) is 0. The molecule has 2 aromatic carbocycles. The summed E-state index contributed by atoms with van der Waals surface area (Å²) in [5.41, 5.74) is 3.49. The minimum Gasteiger partial charge on any atom is -0.309 e. The summed E-state index contributed by atoms with van der Waals surface area (Å²) in [6, 6.07) is 14.7. The van der Waals surface area contributed by atoms with Crippen molar-refractivity contribution in [2.75, 3.05) is 37.8 Å². The molecular formula is C24H31N3OS2. The van der Waals surface area contributed by atoms with Gasteiger partial charge in [0.05, 0.1) is 10.2 Å². The number of anilines is 1. The molecule has 0 saturated heterocycles. The average molecular weight is 442 g/mol. The summed E-state index contributed by atoms with van der Waals surface area (Å²) >= 11 is 3.43. The number of aromatic nitrogens is 1. The lowest BCUT2D eigenvalue weighted by Gasteiger charge is -2.21. The largest absolute Gasteiger partial charge is 0.309 e. The van der Waals surface area contributed by atoms with Crippen molar-refractivity contribution in [2.24, 2.45) is 0 Å². The van der Waals surface area contributed by atoms with E-state index in [2.05, 4.69) is 69.2 Å². The van der Waals surface area contributed by atoms with Crippen molar-refractivity contribution in [3.63, 3.8) is 0 Å². The molecular weight excluding hydrogens is 410 g/mol. The molecule has 6 heteroatoms. The zero-order valence-electron chi connectivity index (χ0n) is 18.4. The summed E-state index contributed by atoms with van der Waals surface area (Å²) in [6.07, 6.45) is 2.35. The molecule has 3 rings (SSSR count). The molecule has 0 unspecified atom stereocenters. The van der Waals surface area contributed by atoms with Gasteiger partial charge in [0.2, 0.25) is 5.91 Å². The first-order valence-corrected chi connectivity index (χ1v) is 12.2. The maximum absolute atomic E-state index is 13.1. The highest BCUT2D eigenvalue weighted by Crippen LogP contribution is 2.31. The standard InChI is InChI=1S/C24H31N3OS2/c1-18-16-21-22(17-19(18)2)30-24(25-21)27(14-9-13-26(3)4)23(28)12-8-15-29-20-10-6-5-7-11-20/h5-7,10-11,16-17H,8-9,12-15H2,1-4H3. The van der Waals surface area contributed by atoms with Gasteiger partial charge < -0.3 is 4.90 Å². The Hall–Kier alpha value is -1.89. The van der Waals surface area contributed by atoms with E-state index < -0.39 is 0 Å². The Morgan fingerprint density at radius 2 is 1.77 bits per heavy atom. The first-order chi connectivity index (χ1) is 14.4. The summed E-state index contributed by atoms with van der Waals surface area (Å²) in [5, 5.41) is 0.828. The number of nitrogens with zero attached hydrogens (tertiary/aromatic N) is 3. The SMILES string of the molecule is Cc1cc2nc(N(CCCN(C)C)C(=O)CCCSc3ccccc3)sc2cc1C. The summed E-state index contributed by atoms with van der Waals surface area (Å²) < 4.78 is 1.15. The fourth-order valence-electron chi connectivity index (χ4n) is 3.22. The lowest BCUT2D eigenvalue weighted by atomic mass is 10.1. The zero-order chi connectivity index (χ0) is 21.5. The van der Waals surface area contributed by atoms with Crippen molar-refractivity contribution < 1.29 is 4.79 Å². The molecule has 0 fully saturated rings. The molecule has 1 amide bonds. The van der Waals surface area contributed by atoms with Crippen LogP contribution in [0.15, 0.2) is 47.4 Å². The van der Waals surface area contributed by atoms with Crippen LogP contribution in [-0.4, -0.2) is 48.7 Å². The van der Waals surface area contributed by atoms with E-state index in [1.807, 2.05) is 22.7 Å². The van der Waals surface area contributed by atoms with E-state index in [4.69, 9.17) is 4.98 Å². The highest BCUT2D eigenvalue weighted by molar-refractivity contribution is 7.99. The smallest absolute Gasteiger partial charge is 0.228 e. The Morgan fingerprint density at radius 3 is 2.50 bits per heavy atom. The molecule has 1 aromatic heterocycles. The molecule has 0 aliphatic carbocycles. The Labute approximate surface area is 188 Å². The van der Waals surface area contributed by atoms with E-state index in [-0.39, 0.29) is 5.91 Å². The number of benzene rings is 2. The summed E-state index contributed by atoms with van der Waals surface area (Å²) in [7, 11) is 4.13. The predicted octanol–water partition coefficient (Wildman–Crippen LogP) is 5.77. The number of hydrogen-bond acceptors (Lipinski definition) is 5. The second-order valence-corrected chi connectivity index (χ2v) is 10.0. The number of carbonyl (C=O) groups excluding carboxylic acids is 1. The minimum atomic E-state index is 0.176. The van der Waals surface area contributed by atoms with Gasteiger partial charge in [0.25, 0.3) is 0 Å².